The zero-order chi connectivity index (χ0) is 19.1. The molecule has 2 aliphatic rings. The molecule has 0 aliphatic carbocycles. The van der Waals surface area contributed by atoms with Crippen LogP contribution in [0, 0.1) is 5.92 Å². The van der Waals surface area contributed by atoms with Gasteiger partial charge in [0.2, 0.25) is 0 Å². The molecule has 6 heteroatoms. The van der Waals surface area contributed by atoms with E-state index in [1.165, 1.54) is 18.4 Å². The second kappa shape index (κ2) is 11.2. The summed E-state index contributed by atoms with van der Waals surface area (Å²) in [4.78, 5) is 7.57. The molecule has 1 atom stereocenters. The van der Waals surface area contributed by atoms with Gasteiger partial charge in [0.05, 0.1) is 13.7 Å². The molecule has 2 saturated heterocycles. The van der Waals surface area contributed by atoms with Crippen molar-refractivity contribution in [1.82, 2.24) is 10.2 Å². The zero-order valence-corrected chi connectivity index (χ0v) is 19.9. The van der Waals surface area contributed by atoms with Gasteiger partial charge in [-0.05, 0) is 56.2 Å². The number of hydrogen-bond donors (Lipinski definition) is 1. The van der Waals surface area contributed by atoms with Crippen LogP contribution in [0.25, 0.3) is 0 Å². The third-order valence-electron chi connectivity index (χ3n) is 5.98. The lowest BCUT2D eigenvalue weighted by molar-refractivity contribution is 0.0529. The first kappa shape index (κ1) is 23.3. The number of methoxy groups -OCH3 is 1. The number of ether oxygens (including phenoxy) is 2. The lowest BCUT2D eigenvalue weighted by Crippen LogP contribution is -2.47. The third kappa shape index (κ3) is 5.75. The molecule has 158 valence electrons. The Bertz CT molecular complexity index is 615. The Labute approximate surface area is 187 Å². The van der Waals surface area contributed by atoms with Gasteiger partial charge in [0, 0.05) is 38.3 Å². The van der Waals surface area contributed by atoms with Crippen molar-refractivity contribution >= 4 is 29.9 Å². The van der Waals surface area contributed by atoms with E-state index >= 15 is 0 Å². The fourth-order valence-corrected chi connectivity index (χ4v) is 4.28. The standard InChI is InChI=1S/C22H35N3O2.HI/c1-4-23-21(25-13-5-6-18(2)16-25)24-17-22(11-14-27-15-12-22)19-7-9-20(26-3)10-8-19;/h7-10,18H,4-6,11-17H2,1-3H3,(H,23,24);1H. The number of nitrogens with zero attached hydrogens (tertiary/aromatic N) is 2. The second-order valence-corrected chi connectivity index (χ2v) is 7.98. The number of aliphatic imine (C=N–C) groups is 1. The summed E-state index contributed by atoms with van der Waals surface area (Å²) in [5.74, 6) is 2.71. The Kier molecular flexibility index (Phi) is 9.34. The molecule has 0 radical (unpaired) electrons. The van der Waals surface area contributed by atoms with Crippen LogP contribution >= 0.6 is 24.0 Å². The first-order chi connectivity index (χ1) is 13.2. The fraction of sp³-hybridized carbons (Fsp3) is 0.682. The molecule has 0 aromatic heterocycles. The summed E-state index contributed by atoms with van der Waals surface area (Å²) in [6, 6.07) is 8.53. The van der Waals surface area contributed by atoms with E-state index in [9.17, 15) is 0 Å². The van der Waals surface area contributed by atoms with Gasteiger partial charge in [-0.3, -0.25) is 4.99 Å². The molecule has 1 N–H and O–H groups in total. The van der Waals surface area contributed by atoms with E-state index in [1.807, 2.05) is 0 Å². The number of rotatable bonds is 5. The summed E-state index contributed by atoms with van der Waals surface area (Å²) in [5.41, 5.74) is 1.39. The van der Waals surface area contributed by atoms with E-state index in [4.69, 9.17) is 14.5 Å². The molecule has 1 aromatic rings. The topological polar surface area (TPSA) is 46.1 Å². The Morgan fingerprint density at radius 2 is 2.00 bits per heavy atom. The smallest absolute Gasteiger partial charge is 0.193 e. The van der Waals surface area contributed by atoms with Crippen LogP contribution < -0.4 is 10.1 Å². The minimum atomic E-state index is 0. The largest absolute Gasteiger partial charge is 0.497 e. The normalized spacial score (nSPS) is 22.3. The van der Waals surface area contributed by atoms with Gasteiger partial charge in [-0.1, -0.05) is 19.1 Å². The van der Waals surface area contributed by atoms with Crippen molar-refractivity contribution in [2.24, 2.45) is 10.9 Å². The first-order valence-corrected chi connectivity index (χ1v) is 10.4. The van der Waals surface area contributed by atoms with Gasteiger partial charge in [-0.2, -0.15) is 0 Å². The Hall–Kier alpha value is -1.02. The van der Waals surface area contributed by atoms with Crippen molar-refractivity contribution in [3.63, 3.8) is 0 Å². The highest BCUT2D eigenvalue weighted by Gasteiger charge is 2.35. The Morgan fingerprint density at radius 3 is 2.61 bits per heavy atom. The number of benzene rings is 1. The van der Waals surface area contributed by atoms with Crippen LogP contribution in [-0.2, 0) is 10.2 Å². The SMILES string of the molecule is CCNC(=NCC1(c2ccc(OC)cc2)CCOCC1)N1CCCC(C)C1.I. The van der Waals surface area contributed by atoms with Gasteiger partial charge in [-0.25, -0.2) is 0 Å². The van der Waals surface area contributed by atoms with Crippen molar-refractivity contribution in [1.29, 1.82) is 0 Å². The lowest BCUT2D eigenvalue weighted by atomic mass is 9.74. The lowest BCUT2D eigenvalue weighted by Gasteiger charge is -2.38. The highest BCUT2D eigenvalue weighted by molar-refractivity contribution is 14.0. The first-order valence-electron chi connectivity index (χ1n) is 10.4. The maximum Gasteiger partial charge on any atom is 0.193 e. The van der Waals surface area contributed by atoms with Crippen LogP contribution in [0.2, 0.25) is 0 Å². The molecule has 28 heavy (non-hydrogen) atoms. The number of nitrogens with one attached hydrogen (secondary N) is 1. The van der Waals surface area contributed by atoms with Crippen LogP contribution in [0.5, 0.6) is 5.75 Å². The molecule has 0 bridgehead atoms. The minimum Gasteiger partial charge on any atom is -0.497 e. The molecule has 0 amide bonds. The van der Waals surface area contributed by atoms with Crippen molar-refractivity contribution in [3.8, 4) is 5.75 Å². The van der Waals surface area contributed by atoms with E-state index in [0.717, 1.165) is 69.9 Å². The maximum absolute atomic E-state index is 5.68. The number of piperidine rings is 1. The number of likely N-dealkylation sites (tertiary alicyclic amines) is 1. The molecule has 1 aromatic carbocycles. The van der Waals surface area contributed by atoms with Gasteiger partial charge in [0.15, 0.2) is 5.96 Å². The Morgan fingerprint density at radius 1 is 1.29 bits per heavy atom. The predicted octanol–water partition coefficient (Wildman–Crippen LogP) is 4.06. The van der Waals surface area contributed by atoms with Crippen molar-refractivity contribution in [3.05, 3.63) is 29.8 Å². The van der Waals surface area contributed by atoms with Gasteiger partial charge in [0.25, 0.3) is 0 Å². The zero-order valence-electron chi connectivity index (χ0n) is 17.6. The molecule has 0 saturated carbocycles. The molecular weight excluding hydrogens is 465 g/mol. The summed E-state index contributed by atoms with van der Waals surface area (Å²) in [5, 5.41) is 3.52. The van der Waals surface area contributed by atoms with Crippen LogP contribution in [0.1, 0.15) is 45.1 Å². The monoisotopic (exact) mass is 501 g/mol. The average molecular weight is 501 g/mol. The molecule has 3 rings (SSSR count). The van der Waals surface area contributed by atoms with Gasteiger partial charge in [0.1, 0.15) is 5.75 Å². The van der Waals surface area contributed by atoms with E-state index in [-0.39, 0.29) is 29.4 Å². The van der Waals surface area contributed by atoms with Crippen LogP contribution in [0.15, 0.2) is 29.3 Å². The molecule has 2 aliphatic heterocycles. The highest BCUT2D eigenvalue weighted by atomic mass is 127. The number of guanidine groups is 1. The van der Waals surface area contributed by atoms with Gasteiger partial charge >= 0.3 is 0 Å². The van der Waals surface area contributed by atoms with Crippen molar-refractivity contribution in [2.45, 2.75) is 44.9 Å². The number of hydrogen-bond acceptors (Lipinski definition) is 3. The van der Waals surface area contributed by atoms with Crippen LogP contribution in [0.4, 0.5) is 0 Å². The van der Waals surface area contributed by atoms with E-state index in [2.05, 4.69) is 48.3 Å². The van der Waals surface area contributed by atoms with Crippen LogP contribution in [0.3, 0.4) is 0 Å². The van der Waals surface area contributed by atoms with E-state index in [0.29, 0.717) is 0 Å². The summed E-state index contributed by atoms with van der Waals surface area (Å²) < 4.78 is 11.0. The van der Waals surface area contributed by atoms with E-state index in [1.54, 1.807) is 7.11 Å². The summed E-state index contributed by atoms with van der Waals surface area (Å²) in [7, 11) is 1.71. The van der Waals surface area contributed by atoms with Crippen molar-refractivity contribution in [2.75, 3.05) is 46.5 Å². The molecule has 2 heterocycles. The van der Waals surface area contributed by atoms with Gasteiger partial charge < -0.3 is 19.7 Å². The average Bonchev–Trinajstić information content (AvgIpc) is 2.72. The fourth-order valence-electron chi connectivity index (χ4n) is 4.28. The number of halogens is 1. The van der Waals surface area contributed by atoms with Gasteiger partial charge in [-0.15, -0.1) is 24.0 Å². The third-order valence-corrected chi connectivity index (χ3v) is 5.98. The maximum atomic E-state index is 5.68. The summed E-state index contributed by atoms with van der Waals surface area (Å²) in [6.07, 6.45) is 4.60. The van der Waals surface area contributed by atoms with E-state index < -0.39 is 0 Å². The minimum absolute atomic E-state index is 0. The predicted molar refractivity (Wildman–Crippen MR) is 126 cm³/mol. The molecule has 0 spiro atoms. The molecule has 2 fully saturated rings. The molecular formula is C22H36IN3O2. The van der Waals surface area contributed by atoms with Crippen molar-refractivity contribution < 1.29 is 9.47 Å². The summed E-state index contributed by atoms with van der Waals surface area (Å²) >= 11 is 0. The second-order valence-electron chi connectivity index (χ2n) is 7.98. The Balaban J connectivity index is 0.00000280. The summed E-state index contributed by atoms with van der Waals surface area (Å²) in [6.45, 7) is 10.0. The molecule has 5 nitrogen and oxygen atoms in total. The quantitative estimate of drug-likeness (QED) is 0.376. The highest BCUT2D eigenvalue weighted by Crippen LogP contribution is 2.36. The van der Waals surface area contributed by atoms with Crippen LogP contribution in [-0.4, -0.2) is 57.4 Å². The molecule has 1 unspecified atom stereocenters.